The van der Waals surface area contributed by atoms with Crippen LogP contribution >= 0.6 is 0 Å². The first-order chi connectivity index (χ1) is 15.1. The summed E-state index contributed by atoms with van der Waals surface area (Å²) in [7, 11) is 0. The van der Waals surface area contributed by atoms with Gasteiger partial charge in [-0.3, -0.25) is 4.79 Å². The summed E-state index contributed by atoms with van der Waals surface area (Å²) in [6.07, 6.45) is 9.44. The van der Waals surface area contributed by atoms with Crippen molar-refractivity contribution in [3.8, 4) is 5.75 Å². The maximum atomic E-state index is 13.0. The van der Waals surface area contributed by atoms with E-state index in [-0.39, 0.29) is 29.9 Å². The molecule has 1 aromatic heterocycles. The number of carbonyl (C=O) groups excluding carboxylic acids is 1. The van der Waals surface area contributed by atoms with Crippen LogP contribution < -0.4 is 15.8 Å². The zero-order valence-electron chi connectivity index (χ0n) is 17.6. The van der Waals surface area contributed by atoms with Crippen LogP contribution in [-0.4, -0.2) is 29.0 Å². The Morgan fingerprint density at radius 3 is 2.42 bits per heavy atom. The van der Waals surface area contributed by atoms with Crippen molar-refractivity contribution in [2.45, 2.75) is 50.5 Å². The molecule has 3 saturated carbocycles. The summed E-state index contributed by atoms with van der Waals surface area (Å²) in [6, 6.07) is 9.94. The molecule has 1 aromatic carbocycles. The summed E-state index contributed by atoms with van der Waals surface area (Å²) in [5, 5.41) is 3.09. The Morgan fingerprint density at radius 1 is 1.13 bits per heavy atom. The van der Waals surface area contributed by atoms with Gasteiger partial charge in [-0.25, -0.2) is 14.4 Å². The second kappa shape index (κ2) is 9.14. The van der Waals surface area contributed by atoms with Gasteiger partial charge in [0.15, 0.2) is 0 Å². The second-order valence-electron chi connectivity index (χ2n) is 8.73. The number of nitrogens with zero attached hydrogens (tertiary/aromatic N) is 2. The second-order valence-corrected chi connectivity index (χ2v) is 8.73. The zero-order valence-corrected chi connectivity index (χ0v) is 17.6. The molecule has 2 bridgehead atoms. The summed E-state index contributed by atoms with van der Waals surface area (Å²) < 4.78 is 18.3. The van der Waals surface area contributed by atoms with Crippen LogP contribution in [0.2, 0.25) is 0 Å². The van der Waals surface area contributed by atoms with Gasteiger partial charge >= 0.3 is 0 Å². The number of carbonyl (C=O) groups is 1. The molecule has 7 heteroatoms. The van der Waals surface area contributed by atoms with E-state index in [1.807, 2.05) is 18.2 Å². The third-order valence-electron chi connectivity index (χ3n) is 7.11. The Hall–Kier alpha value is -2.80. The summed E-state index contributed by atoms with van der Waals surface area (Å²) in [4.78, 5) is 21.1. The maximum absolute atomic E-state index is 13.0. The van der Waals surface area contributed by atoms with E-state index in [1.54, 1.807) is 6.20 Å². The average Bonchev–Trinajstić information content (AvgIpc) is 2.85. The van der Waals surface area contributed by atoms with Crippen LogP contribution in [-0.2, 0) is 16.8 Å². The molecule has 5 rings (SSSR count). The first-order valence-corrected chi connectivity index (χ1v) is 10.8. The zero-order chi connectivity index (χ0) is 21.7. The smallest absolute Gasteiger partial charge is 0.226 e. The van der Waals surface area contributed by atoms with Crippen molar-refractivity contribution in [1.29, 1.82) is 0 Å². The SMILES string of the molecule is NCC(=CF)COc1ccc(C23CCC(C(=O)NCc4ccncn4)(CC2)CC3)cc1. The number of aromatic nitrogens is 2. The molecule has 1 heterocycles. The Morgan fingerprint density at radius 2 is 1.84 bits per heavy atom. The molecule has 3 fully saturated rings. The van der Waals surface area contributed by atoms with Gasteiger partial charge in [0.2, 0.25) is 5.91 Å². The van der Waals surface area contributed by atoms with Crippen molar-refractivity contribution in [3.05, 3.63) is 66.0 Å². The Balaban J connectivity index is 1.35. The predicted molar refractivity (Wildman–Crippen MR) is 116 cm³/mol. The summed E-state index contributed by atoms with van der Waals surface area (Å²) in [5.41, 5.74) is 7.90. The van der Waals surface area contributed by atoms with Crippen molar-refractivity contribution < 1.29 is 13.9 Å². The van der Waals surface area contributed by atoms with Crippen molar-refractivity contribution in [3.63, 3.8) is 0 Å². The molecule has 0 spiro atoms. The van der Waals surface area contributed by atoms with E-state index >= 15 is 0 Å². The quantitative estimate of drug-likeness (QED) is 0.676. The van der Waals surface area contributed by atoms with Crippen molar-refractivity contribution in [1.82, 2.24) is 15.3 Å². The molecule has 0 radical (unpaired) electrons. The Bertz CT molecular complexity index is 906. The lowest BCUT2D eigenvalue weighted by molar-refractivity contribution is -0.138. The molecule has 0 unspecified atom stereocenters. The highest BCUT2D eigenvalue weighted by atomic mass is 19.1. The molecule has 2 aromatic rings. The number of nitrogens with one attached hydrogen (secondary N) is 1. The molecule has 0 aliphatic heterocycles. The van der Waals surface area contributed by atoms with Crippen LogP contribution in [0.15, 0.2) is 54.8 Å². The van der Waals surface area contributed by atoms with Gasteiger partial charge in [0.25, 0.3) is 0 Å². The molecule has 164 valence electrons. The highest BCUT2D eigenvalue weighted by Crippen LogP contribution is 2.57. The van der Waals surface area contributed by atoms with Gasteiger partial charge in [-0.2, -0.15) is 0 Å². The van der Waals surface area contributed by atoms with E-state index in [9.17, 15) is 9.18 Å². The summed E-state index contributed by atoms with van der Waals surface area (Å²) in [6.45, 7) is 0.745. The minimum Gasteiger partial charge on any atom is -0.489 e. The number of nitrogens with two attached hydrogens (primary N) is 1. The number of rotatable bonds is 8. The minimum atomic E-state index is -0.255. The first-order valence-electron chi connectivity index (χ1n) is 10.8. The molecular formula is C24H29FN4O2. The van der Waals surface area contributed by atoms with Crippen molar-refractivity contribution >= 4 is 5.91 Å². The third kappa shape index (κ3) is 4.46. The maximum Gasteiger partial charge on any atom is 0.226 e. The highest BCUT2D eigenvalue weighted by Gasteiger charge is 2.52. The number of hydrogen-bond acceptors (Lipinski definition) is 5. The highest BCUT2D eigenvalue weighted by molar-refractivity contribution is 5.83. The topological polar surface area (TPSA) is 90.1 Å². The molecule has 0 saturated heterocycles. The molecular weight excluding hydrogens is 395 g/mol. The first kappa shape index (κ1) is 21.4. The third-order valence-corrected chi connectivity index (χ3v) is 7.11. The van der Waals surface area contributed by atoms with Gasteiger partial charge in [0.05, 0.1) is 18.6 Å². The van der Waals surface area contributed by atoms with Gasteiger partial charge in [0.1, 0.15) is 18.7 Å². The number of fused-ring (bicyclic) bond motifs is 3. The molecule has 3 N–H and O–H groups in total. The van der Waals surface area contributed by atoms with Gasteiger partial charge in [0, 0.05) is 23.7 Å². The van der Waals surface area contributed by atoms with E-state index in [0.29, 0.717) is 24.2 Å². The van der Waals surface area contributed by atoms with Crippen LogP contribution in [0.4, 0.5) is 4.39 Å². The summed E-state index contributed by atoms with van der Waals surface area (Å²) in [5.74, 6) is 0.859. The standard InChI is InChI=1S/C24H29FN4O2/c25-13-18(14-26)16-31-21-3-1-19(2-4-21)23-6-9-24(10-7-23,11-8-23)22(30)28-15-20-5-12-27-17-29-20/h1-5,12-13,17H,6-11,14-16,26H2,(H,28,30). The van der Waals surface area contributed by atoms with E-state index in [0.717, 1.165) is 44.2 Å². The minimum absolute atomic E-state index is 0.133. The largest absolute Gasteiger partial charge is 0.489 e. The number of hydrogen-bond donors (Lipinski definition) is 2. The molecule has 3 aliphatic carbocycles. The van der Waals surface area contributed by atoms with Crippen molar-refractivity contribution in [2.24, 2.45) is 11.1 Å². The molecule has 31 heavy (non-hydrogen) atoms. The van der Waals surface area contributed by atoms with E-state index in [2.05, 4.69) is 27.4 Å². The predicted octanol–water partition coefficient (Wildman–Crippen LogP) is 3.58. The lowest BCUT2D eigenvalue weighted by Crippen LogP contribution is -2.51. The van der Waals surface area contributed by atoms with Gasteiger partial charge in [-0.05, 0) is 67.7 Å². The van der Waals surface area contributed by atoms with Crippen LogP contribution in [0.3, 0.4) is 0 Å². The van der Waals surface area contributed by atoms with E-state index in [1.165, 1.54) is 11.9 Å². The monoisotopic (exact) mass is 424 g/mol. The van der Waals surface area contributed by atoms with Crippen molar-refractivity contribution in [2.75, 3.05) is 13.2 Å². The fraction of sp³-hybridized carbons (Fsp3) is 0.458. The lowest BCUT2D eigenvalue weighted by Gasteiger charge is -2.52. The lowest BCUT2D eigenvalue weighted by atomic mass is 9.51. The Kier molecular flexibility index (Phi) is 6.32. The fourth-order valence-electron chi connectivity index (χ4n) is 4.96. The van der Waals surface area contributed by atoms with E-state index < -0.39 is 0 Å². The molecule has 0 atom stereocenters. The number of ether oxygens (including phenoxy) is 1. The average molecular weight is 425 g/mol. The van der Waals surface area contributed by atoms with Gasteiger partial charge < -0.3 is 15.8 Å². The van der Waals surface area contributed by atoms with E-state index in [4.69, 9.17) is 10.5 Å². The molecule has 1 amide bonds. The summed E-state index contributed by atoms with van der Waals surface area (Å²) >= 11 is 0. The normalized spacial score (nSPS) is 25.3. The van der Waals surface area contributed by atoms with Crippen LogP contribution in [0.5, 0.6) is 5.75 Å². The van der Waals surface area contributed by atoms with Gasteiger partial charge in [-0.1, -0.05) is 12.1 Å². The fourth-order valence-corrected chi connectivity index (χ4v) is 4.96. The number of amides is 1. The van der Waals surface area contributed by atoms with Crippen LogP contribution in [0, 0.1) is 5.41 Å². The van der Waals surface area contributed by atoms with Crippen LogP contribution in [0.25, 0.3) is 0 Å². The number of benzene rings is 1. The number of halogens is 1. The molecule has 6 nitrogen and oxygen atoms in total. The Labute approximate surface area is 182 Å². The van der Waals surface area contributed by atoms with Gasteiger partial charge in [-0.15, -0.1) is 0 Å². The van der Waals surface area contributed by atoms with Crippen LogP contribution in [0.1, 0.15) is 49.8 Å². The molecule has 3 aliphatic rings.